The number of rotatable bonds is 9. The minimum Gasteiger partial charge on any atom is -0.462 e. The SMILES string of the molecule is CCOC(=O)c1cc(-c2ccccc2)sc1NC(=O)COC(=O)CCNC(C)=O. The Kier molecular flexibility index (Phi) is 8.35. The van der Waals surface area contributed by atoms with Gasteiger partial charge in [0.1, 0.15) is 5.00 Å². The van der Waals surface area contributed by atoms with E-state index in [9.17, 15) is 19.2 Å². The number of hydrogen-bond donors (Lipinski definition) is 2. The molecule has 8 nitrogen and oxygen atoms in total. The standard InChI is InChI=1S/C20H22N2O6S/c1-3-27-20(26)15-11-16(14-7-5-4-6-8-14)29-19(15)22-17(24)12-28-18(25)9-10-21-13(2)23/h4-8,11H,3,9-10,12H2,1-2H3,(H,21,23)(H,22,24). The molecule has 0 saturated heterocycles. The fraction of sp³-hybridized carbons (Fsp3) is 0.300. The highest BCUT2D eigenvalue weighted by molar-refractivity contribution is 7.20. The molecule has 0 aliphatic heterocycles. The Balaban J connectivity index is 2.03. The zero-order valence-electron chi connectivity index (χ0n) is 16.2. The van der Waals surface area contributed by atoms with Crippen molar-refractivity contribution in [1.29, 1.82) is 0 Å². The first-order chi connectivity index (χ1) is 13.9. The number of amides is 2. The molecule has 0 bridgehead atoms. The maximum atomic E-state index is 12.2. The Morgan fingerprint density at radius 3 is 2.45 bits per heavy atom. The first-order valence-electron chi connectivity index (χ1n) is 8.97. The molecular weight excluding hydrogens is 396 g/mol. The molecule has 9 heteroatoms. The number of carbonyl (C=O) groups is 4. The normalized spacial score (nSPS) is 10.1. The topological polar surface area (TPSA) is 111 Å². The Morgan fingerprint density at radius 1 is 1.07 bits per heavy atom. The van der Waals surface area contributed by atoms with Crippen LogP contribution in [0.1, 0.15) is 30.6 Å². The molecule has 1 aromatic carbocycles. The molecule has 2 rings (SSSR count). The summed E-state index contributed by atoms with van der Waals surface area (Å²) in [5, 5.41) is 5.39. The molecule has 0 atom stereocenters. The van der Waals surface area contributed by atoms with Crippen LogP contribution in [0.25, 0.3) is 10.4 Å². The molecule has 0 radical (unpaired) electrons. The second-order valence-electron chi connectivity index (χ2n) is 5.88. The average molecular weight is 418 g/mol. The largest absolute Gasteiger partial charge is 0.462 e. The van der Waals surface area contributed by atoms with E-state index < -0.39 is 24.5 Å². The molecule has 0 aliphatic rings. The van der Waals surface area contributed by atoms with Crippen molar-refractivity contribution in [3.63, 3.8) is 0 Å². The summed E-state index contributed by atoms with van der Waals surface area (Å²) in [6, 6.07) is 11.1. The predicted octanol–water partition coefficient (Wildman–Crippen LogP) is 2.60. The number of nitrogens with one attached hydrogen (secondary N) is 2. The molecule has 2 N–H and O–H groups in total. The number of hydrogen-bond acceptors (Lipinski definition) is 7. The van der Waals surface area contributed by atoms with Crippen LogP contribution in [0.3, 0.4) is 0 Å². The summed E-state index contributed by atoms with van der Waals surface area (Å²) in [5.74, 6) is -2.00. The Morgan fingerprint density at radius 2 is 1.79 bits per heavy atom. The second-order valence-corrected chi connectivity index (χ2v) is 6.93. The lowest BCUT2D eigenvalue weighted by Crippen LogP contribution is -2.26. The maximum Gasteiger partial charge on any atom is 0.341 e. The van der Waals surface area contributed by atoms with Gasteiger partial charge in [0.15, 0.2) is 6.61 Å². The minimum atomic E-state index is -0.615. The molecule has 1 aromatic heterocycles. The number of esters is 2. The molecule has 0 fully saturated rings. The van der Waals surface area contributed by atoms with Gasteiger partial charge >= 0.3 is 11.9 Å². The van der Waals surface area contributed by atoms with Gasteiger partial charge in [-0.2, -0.15) is 0 Å². The summed E-state index contributed by atoms with van der Waals surface area (Å²) in [7, 11) is 0. The van der Waals surface area contributed by atoms with E-state index >= 15 is 0 Å². The van der Waals surface area contributed by atoms with Crippen molar-refractivity contribution in [2.24, 2.45) is 0 Å². The van der Waals surface area contributed by atoms with Crippen LogP contribution in [0.15, 0.2) is 36.4 Å². The van der Waals surface area contributed by atoms with E-state index in [1.807, 2.05) is 30.3 Å². The van der Waals surface area contributed by atoms with Gasteiger partial charge in [-0.05, 0) is 18.6 Å². The Bertz CT molecular complexity index is 878. The maximum absolute atomic E-state index is 12.2. The van der Waals surface area contributed by atoms with E-state index in [0.29, 0.717) is 5.00 Å². The summed E-state index contributed by atoms with van der Waals surface area (Å²) in [4.78, 5) is 47.6. The lowest BCUT2D eigenvalue weighted by Gasteiger charge is -2.07. The first-order valence-corrected chi connectivity index (χ1v) is 9.78. The van der Waals surface area contributed by atoms with Gasteiger partial charge in [0.25, 0.3) is 5.91 Å². The molecule has 29 heavy (non-hydrogen) atoms. The highest BCUT2D eigenvalue weighted by Crippen LogP contribution is 2.35. The quantitative estimate of drug-likeness (QED) is 0.606. The Labute approximate surface area is 172 Å². The first kappa shape index (κ1) is 22.1. The van der Waals surface area contributed by atoms with Crippen LogP contribution in [0.2, 0.25) is 0 Å². The van der Waals surface area contributed by atoms with Gasteiger partial charge in [-0.15, -0.1) is 11.3 Å². The molecule has 0 saturated carbocycles. The van der Waals surface area contributed by atoms with Crippen LogP contribution in [0.5, 0.6) is 0 Å². The molecule has 0 spiro atoms. The van der Waals surface area contributed by atoms with Crippen LogP contribution in [-0.2, 0) is 23.9 Å². The zero-order chi connectivity index (χ0) is 21.2. The van der Waals surface area contributed by atoms with Gasteiger partial charge in [0.05, 0.1) is 18.6 Å². The third-order valence-corrected chi connectivity index (χ3v) is 4.71. The Hall–Kier alpha value is -3.20. The van der Waals surface area contributed by atoms with E-state index in [2.05, 4.69) is 10.6 Å². The lowest BCUT2D eigenvalue weighted by molar-refractivity contribution is -0.147. The van der Waals surface area contributed by atoms with Gasteiger partial charge < -0.3 is 20.1 Å². The molecule has 0 unspecified atom stereocenters. The van der Waals surface area contributed by atoms with Crippen molar-refractivity contribution in [3.8, 4) is 10.4 Å². The van der Waals surface area contributed by atoms with Gasteiger partial charge in [-0.1, -0.05) is 30.3 Å². The summed E-state index contributed by atoms with van der Waals surface area (Å²) in [6.07, 6.45) is -0.0436. The van der Waals surface area contributed by atoms with E-state index in [4.69, 9.17) is 9.47 Å². The number of thiophene rings is 1. The van der Waals surface area contributed by atoms with E-state index in [0.717, 1.165) is 10.4 Å². The van der Waals surface area contributed by atoms with Gasteiger partial charge in [0.2, 0.25) is 5.91 Å². The van der Waals surface area contributed by atoms with Crippen molar-refractivity contribution < 1.29 is 28.7 Å². The highest BCUT2D eigenvalue weighted by atomic mass is 32.1. The zero-order valence-corrected chi connectivity index (χ0v) is 17.0. The minimum absolute atomic E-state index is 0.0436. The van der Waals surface area contributed by atoms with Crippen molar-refractivity contribution in [2.45, 2.75) is 20.3 Å². The van der Waals surface area contributed by atoms with Crippen molar-refractivity contribution in [2.75, 3.05) is 25.1 Å². The summed E-state index contributed by atoms with van der Waals surface area (Å²) >= 11 is 1.23. The number of carbonyl (C=O) groups excluding carboxylic acids is 4. The van der Waals surface area contributed by atoms with E-state index in [1.54, 1.807) is 13.0 Å². The third-order valence-electron chi connectivity index (χ3n) is 3.61. The van der Waals surface area contributed by atoms with Crippen LogP contribution < -0.4 is 10.6 Å². The number of ether oxygens (including phenoxy) is 2. The van der Waals surface area contributed by atoms with Crippen LogP contribution in [-0.4, -0.2) is 43.5 Å². The summed E-state index contributed by atoms with van der Waals surface area (Å²) in [6.45, 7) is 2.87. The molecular formula is C20H22N2O6S. The second kappa shape index (κ2) is 11.0. The fourth-order valence-electron chi connectivity index (χ4n) is 2.31. The fourth-order valence-corrected chi connectivity index (χ4v) is 3.38. The number of benzene rings is 1. The van der Waals surface area contributed by atoms with Crippen molar-refractivity contribution >= 4 is 40.1 Å². The molecule has 2 amide bonds. The molecule has 154 valence electrons. The van der Waals surface area contributed by atoms with Crippen molar-refractivity contribution in [3.05, 3.63) is 42.0 Å². The molecule has 0 aliphatic carbocycles. The summed E-state index contributed by atoms with van der Waals surface area (Å²) < 4.78 is 9.94. The van der Waals surface area contributed by atoms with Crippen LogP contribution >= 0.6 is 11.3 Å². The van der Waals surface area contributed by atoms with Gasteiger partial charge in [-0.3, -0.25) is 14.4 Å². The highest BCUT2D eigenvalue weighted by Gasteiger charge is 2.20. The van der Waals surface area contributed by atoms with Crippen molar-refractivity contribution in [1.82, 2.24) is 5.32 Å². The van der Waals surface area contributed by atoms with E-state index in [-0.39, 0.29) is 31.0 Å². The average Bonchev–Trinajstić information content (AvgIpc) is 3.11. The third kappa shape index (κ3) is 7.04. The van der Waals surface area contributed by atoms with Gasteiger partial charge in [-0.25, -0.2) is 4.79 Å². The smallest absolute Gasteiger partial charge is 0.341 e. The lowest BCUT2D eigenvalue weighted by atomic mass is 10.1. The number of anilines is 1. The molecule has 2 aromatic rings. The van der Waals surface area contributed by atoms with Crippen LogP contribution in [0.4, 0.5) is 5.00 Å². The predicted molar refractivity (Wildman–Crippen MR) is 109 cm³/mol. The van der Waals surface area contributed by atoms with Crippen LogP contribution in [0, 0.1) is 0 Å². The monoisotopic (exact) mass is 418 g/mol. The van der Waals surface area contributed by atoms with E-state index in [1.165, 1.54) is 18.3 Å². The molecule has 1 heterocycles. The summed E-state index contributed by atoms with van der Waals surface area (Å²) in [5.41, 5.74) is 1.13. The van der Waals surface area contributed by atoms with Gasteiger partial charge in [0, 0.05) is 18.3 Å².